The Morgan fingerprint density at radius 1 is 1.39 bits per heavy atom. The molecule has 0 aromatic rings. The number of hydrogen-bond acceptors (Lipinski definition) is 3. The molecule has 1 heterocycles. The number of primary amides is 1. The summed E-state index contributed by atoms with van der Waals surface area (Å²) in [6.45, 7) is 11.2. The van der Waals surface area contributed by atoms with Gasteiger partial charge < -0.3 is 11.1 Å². The molecule has 1 saturated heterocycles. The maximum atomic E-state index is 11.8. The van der Waals surface area contributed by atoms with E-state index in [4.69, 9.17) is 5.73 Å². The van der Waals surface area contributed by atoms with Gasteiger partial charge in [-0.05, 0) is 47.5 Å². The summed E-state index contributed by atoms with van der Waals surface area (Å²) in [7, 11) is 0. The quantitative estimate of drug-likeness (QED) is 0.782. The van der Waals surface area contributed by atoms with E-state index in [1.165, 1.54) is 19.3 Å². The topological polar surface area (TPSA) is 58.4 Å². The number of amides is 1. The van der Waals surface area contributed by atoms with Crippen LogP contribution in [0.3, 0.4) is 0 Å². The van der Waals surface area contributed by atoms with Crippen molar-refractivity contribution in [1.29, 1.82) is 0 Å². The second kappa shape index (κ2) is 6.02. The molecule has 1 aliphatic heterocycles. The molecular formula is C14H29N3O. The van der Waals surface area contributed by atoms with Gasteiger partial charge >= 0.3 is 0 Å². The minimum atomic E-state index is -0.645. The lowest BCUT2D eigenvalue weighted by Gasteiger charge is -2.44. The Bertz CT molecular complexity index is 283. The molecule has 0 aromatic heterocycles. The van der Waals surface area contributed by atoms with E-state index in [2.05, 4.69) is 24.1 Å². The van der Waals surface area contributed by atoms with Crippen LogP contribution in [0.1, 0.15) is 53.9 Å². The molecule has 3 atom stereocenters. The zero-order valence-electron chi connectivity index (χ0n) is 12.5. The SMILES string of the molecule is CC(C)NC(C)(CN1C(C)CCCC1C)C(N)=O. The summed E-state index contributed by atoms with van der Waals surface area (Å²) >= 11 is 0. The zero-order valence-corrected chi connectivity index (χ0v) is 12.5. The number of carbonyl (C=O) groups is 1. The van der Waals surface area contributed by atoms with Crippen molar-refractivity contribution in [2.75, 3.05) is 6.54 Å². The monoisotopic (exact) mass is 255 g/mol. The molecule has 1 amide bonds. The Morgan fingerprint density at radius 3 is 2.28 bits per heavy atom. The Balaban J connectivity index is 2.79. The van der Waals surface area contributed by atoms with E-state index in [1.54, 1.807) is 0 Å². The average Bonchev–Trinajstić information content (AvgIpc) is 2.22. The number of hydrogen-bond donors (Lipinski definition) is 2. The number of nitrogens with one attached hydrogen (secondary N) is 1. The van der Waals surface area contributed by atoms with Crippen LogP contribution in [0.5, 0.6) is 0 Å². The summed E-state index contributed by atoms with van der Waals surface area (Å²) < 4.78 is 0. The van der Waals surface area contributed by atoms with Crippen LogP contribution < -0.4 is 11.1 Å². The van der Waals surface area contributed by atoms with Crippen LogP contribution >= 0.6 is 0 Å². The molecule has 1 fully saturated rings. The summed E-state index contributed by atoms with van der Waals surface area (Å²) in [6, 6.07) is 1.31. The highest BCUT2D eigenvalue weighted by atomic mass is 16.1. The Hall–Kier alpha value is -0.610. The van der Waals surface area contributed by atoms with Crippen molar-refractivity contribution in [3.05, 3.63) is 0 Å². The molecule has 1 rings (SSSR count). The number of likely N-dealkylation sites (tertiary alicyclic amines) is 1. The van der Waals surface area contributed by atoms with E-state index in [-0.39, 0.29) is 11.9 Å². The standard InChI is InChI=1S/C14H29N3O/c1-10(2)16-14(5,13(15)18)9-17-11(3)7-6-8-12(17)4/h10-12,16H,6-9H2,1-5H3,(H2,15,18). The van der Waals surface area contributed by atoms with Crippen molar-refractivity contribution in [2.24, 2.45) is 5.73 Å². The van der Waals surface area contributed by atoms with E-state index in [1.807, 2.05) is 20.8 Å². The third kappa shape index (κ3) is 3.69. The summed E-state index contributed by atoms with van der Waals surface area (Å²) in [5.41, 5.74) is 4.95. The molecule has 0 radical (unpaired) electrons. The minimum Gasteiger partial charge on any atom is -0.368 e. The van der Waals surface area contributed by atoms with Crippen molar-refractivity contribution >= 4 is 5.91 Å². The number of nitrogens with two attached hydrogens (primary N) is 1. The lowest BCUT2D eigenvalue weighted by Crippen LogP contribution is -2.63. The normalized spacial score (nSPS) is 29.2. The van der Waals surface area contributed by atoms with Crippen LogP contribution in [-0.2, 0) is 4.79 Å². The molecule has 0 aliphatic carbocycles. The molecule has 0 saturated carbocycles. The van der Waals surface area contributed by atoms with Gasteiger partial charge in [-0.25, -0.2) is 0 Å². The second-order valence-electron chi connectivity index (χ2n) is 6.30. The highest BCUT2D eigenvalue weighted by Crippen LogP contribution is 2.24. The molecular weight excluding hydrogens is 226 g/mol. The molecule has 1 aliphatic rings. The van der Waals surface area contributed by atoms with Crippen LogP contribution in [0.2, 0.25) is 0 Å². The Labute approximate surface area is 111 Å². The smallest absolute Gasteiger partial charge is 0.238 e. The van der Waals surface area contributed by atoms with Crippen LogP contribution in [0.15, 0.2) is 0 Å². The van der Waals surface area contributed by atoms with E-state index >= 15 is 0 Å². The lowest BCUT2D eigenvalue weighted by molar-refractivity contribution is -0.125. The fraction of sp³-hybridized carbons (Fsp3) is 0.929. The first-order chi connectivity index (χ1) is 8.26. The molecule has 4 nitrogen and oxygen atoms in total. The van der Waals surface area contributed by atoms with Crippen LogP contribution in [0.25, 0.3) is 0 Å². The van der Waals surface area contributed by atoms with Crippen molar-refractivity contribution in [3.8, 4) is 0 Å². The van der Waals surface area contributed by atoms with Crippen molar-refractivity contribution in [1.82, 2.24) is 10.2 Å². The van der Waals surface area contributed by atoms with Crippen LogP contribution in [0, 0.1) is 0 Å². The molecule has 106 valence electrons. The predicted molar refractivity (Wildman–Crippen MR) is 75.4 cm³/mol. The van der Waals surface area contributed by atoms with Crippen LogP contribution in [0.4, 0.5) is 0 Å². The largest absolute Gasteiger partial charge is 0.368 e. The number of rotatable bonds is 5. The van der Waals surface area contributed by atoms with Gasteiger partial charge in [0, 0.05) is 24.7 Å². The molecule has 18 heavy (non-hydrogen) atoms. The minimum absolute atomic E-state index is 0.248. The predicted octanol–water partition coefficient (Wildman–Crippen LogP) is 1.49. The maximum absolute atomic E-state index is 11.8. The van der Waals surface area contributed by atoms with Gasteiger partial charge in [0.2, 0.25) is 5.91 Å². The highest BCUT2D eigenvalue weighted by molar-refractivity contribution is 5.84. The lowest BCUT2D eigenvalue weighted by atomic mass is 9.92. The van der Waals surface area contributed by atoms with Crippen molar-refractivity contribution in [2.45, 2.75) is 77.5 Å². The Morgan fingerprint density at radius 2 is 1.89 bits per heavy atom. The van der Waals surface area contributed by atoms with Gasteiger partial charge in [-0.1, -0.05) is 6.42 Å². The second-order valence-corrected chi connectivity index (χ2v) is 6.30. The first-order valence-electron chi connectivity index (χ1n) is 7.09. The fourth-order valence-electron chi connectivity index (χ4n) is 2.98. The number of nitrogens with zero attached hydrogens (tertiary/aromatic N) is 1. The fourth-order valence-corrected chi connectivity index (χ4v) is 2.98. The van der Waals surface area contributed by atoms with E-state index in [0.29, 0.717) is 18.6 Å². The summed E-state index contributed by atoms with van der Waals surface area (Å²) in [5, 5.41) is 3.33. The average molecular weight is 255 g/mol. The molecule has 3 unspecified atom stereocenters. The summed E-state index contributed by atoms with van der Waals surface area (Å²) in [5.74, 6) is -0.263. The maximum Gasteiger partial charge on any atom is 0.238 e. The van der Waals surface area contributed by atoms with Gasteiger partial charge in [-0.15, -0.1) is 0 Å². The van der Waals surface area contributed by atoms with Gasteiger partial charge in [0.25, 0.3) is 0 Å². The van der Waals surface area contributed by atoms with Crippen LogP contribution in [-0.4, -0.2) is 41.0 Å². The summed E-state index contributed by atoms with van der Waals surface area (Å²) in [4.78, 5) is 14.2. The number of piperidine rings is 1. The zero-order chi connectivity index (χ0) is 13.9. The summed E-state index contributed by atoms with van der Waals surface area (Å²) in [6.07, 6.45) is 3.70. The first-order valence-corrected chi connectivity index (χ1v) is 7.09. The molecule has 4 heteroatoms. The molecule has 3 N–H and O–H groups in total. The van der Waals surface area contributed by atoms with Gasteiger partial charge in [-0.2, -0.15) is 0 Å². The molecule has 0 bridgehead atoms. The van der Waals surface area contributed by atoms with Gasteiger partial charge in [0.15, 0.2) is 0 Å². The first kappa shape index (κ1) is 15.4. The van der Waals surface area contributed by atoms with E-state index in [9.17, 15) is 4.79 Å². The highest BCUT2D eigenvalue weighted by Gasteiger charge is 2.37. The van der Waals surface area contributed by atoms with Gasteiger partial charge in [-0.3, -0.25) is 9.69 Å². The third-order valence-electron chi connectivity index (χ3n) is 4.03. The molecule has 0 spiro atoms. The van der Waals surface area contributed by atoms with Gasteiger partial charge in [0.1, 0.15) is 5.54 Å². The number of carbonyl (C=O) groups excluding carboxylic acids is 1. The van der Waals surface area contributed by atoms with Crippen molar-refractivity contribution in [3.63, 3.8) is 0 Å². The third-order valence-corrected chi connectivity index (χ3v) is 4.03. The van der Waals surface area contributed by atoms with Gasteiger partial charge in [0.05, 0.1) is 0 Å². The van der Waals surface area contributed by atoms with Crippen molar-refractivity contribution < 1.29 is 4.79 Å². The Kier molecular flexibility index (Phi) is 5.17. The van der Waals surface area contributed by atoms with E-state index < -0.39 is 5.54 Å². The molecule has 0 aromatic carbocycles. The van der Waals surface area contributed by atoms with E-state index in [0.717, 1.165) is 0 Å².